The van der Waals surface area contributed by atoms with Crippen molar-refractivity contribution in [3.05, 3.63) is 35.9 Å². The first-order valence-corrected chi connectivity index (χ1v) is 7.62. The number of hydrogen-bond acceptors (Lipinski definition) is 5. The van der Waals surface area contributed by atoms with Gasteiger partial charge >= 0.3 is 6.09 Å². The third-order valence-electron chi connectivity index (χ3n) is 2.96. The van der Waals surface area contributed by atoms with Crippen molar-refractivity contribution in [3.8, 4) is 0 Å². The number of amides is 2. The molecule has 0 bridgehead atoms. The normalized spacial score (nSPS) is 13.2. The number of hydrogen-bond donors (Lipinski definition) is 2. The van der Waals surface area contributed by atoms with Gasteiger partial charge < -0.3 is 15.6 Å². The molecule has 3 N–H and O–H groups in total. The van der Waals surface area contributed by atoms with Crippen molar-refractivity contribution in [3.63, 3.8) is 0 Å². The minimum Gasteiger partial charge on any atom is -0.442 e. The first kappa shape index (κ1) is 19.9. The molecule has 1 rings (SSSR count). The molecule has 0 saturated heterocycles. The Bertz CT molecular complexity index is 561. The van der Waals surface area contributed by atoms with E-state index in [0.29, 0.717) is 5.06 Å². The Balaban J connectivity index is 3.05. The summed E-state index contributed by atoms with van der Waals surface area (Å²) in [6, 6.07) is 7.68. The molecule has 0 aliphatic heterocycles. The third kappa shape index (κ3) is 6.17. The Morgan fingerprint density at radius 2 is 1.71 bits per heavy atom. The second kappa shape index (κ2) is 7.63. The van der Waals surface area contributed by atoms with Crippen LogP contribution in [-0.4, -0.2) is 39.4 Å². The van der Waals surface area contributed by atoms with Crippen LogP contribution in [-0.2, 0) is 21.0 Å². The van der Waals surface area contributed by atoms with Crippen LogP contribution in [0.4, 0.5) is 4.79 Å². The Labute approximate surface area is 142 Å². The number of ether oxygens (including phenoxy) is 1. The fourth-order valence-corrected chi connectivity index (χ4v) is 2.01. The molecule has 7 heteroatoms. The molecule has 0 aliphatic rings. The number of primary amides is 1. The van der Waals surface area contributed by atoms with E-state index in [2.05, 4.69) is 0 Å². The van der Waals surface area contributed by atoms with Crippen LogP contribution in [0.5, 0.6) is 0 Å². The van der Waals surface area contributed by atoms with Crippen molar-refractivity contribution in [2.24, 2.45) is 5.73 Å². The smallest absolute Gasteiger partial charge is 0.435 e. The Morgan fingerprint density at radius 3 is 2.12 bits per heavy atom. The molecule has 1 atom stereocenters. The number of hydroxylamine groups is 2. The zero-order valence-corrected chi connectivity index (χ0v) is 14.8. The van der Waals surface area contributed by atoms with Crippen LogP contribution in [0.15, 0.2) is 30.3 Å². The van der Waals surface area contributed by atoms with Crippen molar-refractivity contribution in [2.45, 2.75) is 58.5 Å². The fourth-order valence-electron chi connectivity index (χ4n) is 2.01. The van der Waals surface area contributed by atoms with Crippen LogP contribution in [0.2, 0.25) is 0 Å². The molecule has 0 aromatic heterocycles. The second-order valence-corrected chi connectivity index (χ2v) is 7.02. The quantitative estimate of drug-likeness (QED) is 0.772. The van der Waals surface area contributed by atoms with E-state index < -0.39 is 29.2 Å². The van der Waals surface area contributed by atoms with Gasteiger partial charge in [-0.3, -0.25) is 9.63 Å². The lowest BCUT2D eigenvalue weighted by Crippen LogP contribution is -2.59. The topological polar surface area (TPSA) is 102 Å². The lowest BCUT2D eigenvalue weighted by molar-refractivity contribution is -0.209. The second-order valence-electron chi connectivity index (χ2n) is 7.02. The molecule has 1 aromatic carbocycles. The van der Waals surface area contributed by atoms with Crippen LogP contribution >= 0.6 is 0 Å². The standard InChI is InChI=1S/C17H26N2O5/c1-16(2,3)24-15(21)19(13(14(18)20)17(4,5)22)23-11-12-9-7-6-8-10-12/h6-10,13,22H,11H2,1-5H3,(H2,18,20)/t13-/m1/s1. The highest BCUT2D eigenvalue weighted by Gasteiger charge is 2.42. The molecule has 7 nitrogen and oxygen atoms in total. The number of benzene rings is 1. The minimum atomic E-state index is -1.61. The summed E-state index contributed by atoms with van der Waals surface area (Å²) in [5.74, 6) is -0.901. The molecule has 0 fully saturated rings. The fraction of sp³-hybridized carbons (Fsp3) is 0.529. The number of rotatable bonds is 6. The van der Waals surface area contributed by atoms with Crippen LogP contribution in [0, 0.1) is 0 Å². The average molecular weight is 338 g/mol. The van der Waals surface area contributed by atoms with Crippen LogP contribution < -0.4 is 5.73 Å². The maximum absolute atomic E-state index is 12.4. The maximum Gasteiger partial charge on any atom is 0.435 e. The minimum absolute atomic E-state index is 0.0138. The van der Waals surface area contributed by atoms with Gasteiger partial charge in [0.05, 0.1) is 5.60 Å². The average Bonchev–Trinajstić information content (AvgIpc) is 2.40. The van der Waals surface area contributed by atoms with Gasteiger partial charge in [0.15, 0.2) is 6.04 Å². The van der Waals surface area contributed by atoms with Crippen molar-refractivity contribution in [1.29, 1.82) is 0 Å². The first-order valence-electron chi connectivity index (χ1n) is 7.62. The van der Waals surface area contributed by atoms with Gasteiger partial charge in [0.25, 0.3) is 0 Å². The van der Waals surface area contributed by atoms with Crippen molar-refractivity contribution in [1.82, 2.24) is 5.06 Å². The van der Waals surface area contributed by atoms with E-state index in [1.165, 1.54) is 13.8 Å². The van der Waals surface area contributed by atoms with Gasteiger partial charge in [-0.25, -0.2) is 4.79 Å². The summed E-state index contributed by atoms with van der Waals surface area (Å²) in [5.41, 5.74) is 3.74. The Morgan fingerprint density at radius 1 is 1.17 bits per heavy atom. The Hall–Kier alpha value is -2.12. The largest absolute Gasteiger partial charge is 0.442 e. The van der Waals surface area contributed by atoms with E-state index in [9.17, 15) is 14.7 Å². The summed E-state index contributed by atoms with van der Waals surface area (Å²) in [6.07, 6.45) is -0.899. The summed E-state index contributed by atoms with van der Waals surface area (Å²) in [6.45, 7) is 7.80. The molecule has 0 heterocycles. The summed E-state index contributed by atoms with van der Waals surface area (Å²) in [5, 5.41) is 10.9. The number of carbonyl (C=O) groups is 2. The molecule has 0 spiro atoms. The van der Waals surface area contributed by atoms with E-state index in [0.717, 1.165) is 5.56 Å². The molecule has 134 valence electrons. The summed E-state index contributed by atoms with van der Waals surface area (Å²) in [4.78, 5) is 29.7. The molecule has 0 aliphatic carbocycles. The highest BCUT2D eigenvalue weighted by atomic mass is 16.7. The Kier molecular flexibility index (Phi) is 6.34. The van der Waals surface area contributed by atoms with Gasteiger partial charge in [-0.05, 0) is 40.2 Å². The summed E-state index contributed by atoms with van der Waals surface area (Å²) >= 11 is 0. The molecular weight excluding hydrogens is 312 g/mol. The van der Waals surface area contributed by atoms with E-state index in [4.69, 9.17) is 15.3 Å². The predicted molar refractivity (Wildman–Crippen MR) is 88.6 cm³/mol. The maximum atomic E-state index is 12.4. The van der Waals surface area contributed by atoms with Crippen LogP contribution in [0.1, 0.15) is 40.2 Å². The number of nitrogens with two attached hydrogens (primary N) is 1. The first-order chi connectivity index (χ1) is 10.9. The van der Waals surface area contributed by atoms with Gasteiger partial charge in [0, 0.05) is 0 Å². The van der Waals surface area contributed by atoms with E-state index in [1.54, 1.807) is 32.9 Å². The van der Waals surface area contributed by atoms with E-state index in [-0.39, 0.29) is 6.61 Å². The highest BCUT2D eigenvalue weighted by Crippen LogP contribution is 2.21. The zero-order valence-electron chi connectivity index (χ0n) is 14.8. The number of nitrogens with zero attached hydrogens (tertiary/aromatic N) is 1. The highest BCUT2D eigenvalue weighted by molar-refractivity contribution is 5.85. The molecule has 2 amide bonds. The number of aliphatic hydroxyl groups is 1. The molecular formula is C17H26N2O5. The summed E-state index contributed by atoms with van der Waals surface area (Å²) in [7, 11) is 0. The van der Waals surface area contributed by atoms with Gasteiger partial charge in [-0.2, -0.15) is 5.06 Å². The monoisotopic (exact) mass is 338 g/mol. The van der Waals surface area contributed by atoms with E-state index >= 15 is 0 Å². The molecule has 0 unspecified atom stereocenters. The van der Waals surface area contributed by atoms with Crippen LogP contribution in [0.25, 0.3) is 0 Å². The third-order valence-corrected chi connectivity index (χ3v) is 2.96. The van der Waals surface area contributed by atoms with Crippen LogP contribution in [0.3, 0.4) is 0 Å². The lowest BCUT2D eigenvalue weighted by atomic mass is 9.98. The van der Waals surface area contributed by atoms with Crippen molar-refractivity contribution >= 4 is 12.0 Å². The van der Waals surface area contributed by atoms with Crippen molar-refractivity contribution < 1.29 is 24.3 Å². The lowest BCUT2D eigenvalue weighted by Gasteiger charge is -2.36. The number of carbonyl (C=O) groups excluding carboxylic acids is 2. The predicted octanol–water partition coefficient (Wildman–Crippen LogP) is 1.98. The van der Waals surface area contributed by atoms with Gasteiger partial charge in [-0.1, -0.05) is 30.3 Å². The van der Waals surface area contributed by atoms with Gasteiger partial charge in [0.2, 0.25) is 5.91 Å². The molecule has 24 heavy (non-hydrogen) atoms. The SMILES string of the molecule is CC(C)(C)OC(=O)N(OCc1ccccc1)[C@H](C(N)=O)C(C)(C)O. The summed E-state index contributed by atoms with van der Waals surface area (Å²) < 4.78 is 5.26. The molecule has 0 saturated carbocycles. The van der Waals surface area contributed by atoms with Gasteiger partial charge in [-0.15, -0.1) is 0 Å². The molecule has 0 radical (unpaired) electrons. The van der Waals surface area contributed by atoms with Crippen molar-refractivity contribution in [2.75, 3.05) is 0 Å². The zero-order chi connectivity index (χ0) is 18.5. The van der Waals surface area contributed by atoms with E-state index in [1.807, 2.05) is 18.2 Å². The van der Waals surface area contributed by atoms with Gasteiger partial charge in [0.1, 0.15) is 12.2 Å². The molecule has 1 aromatic rings.